The van der Waals surface area contributed by atoms with Crippen LogP contribution in [-0.2, 0) is 10.3 Å². The minimum atomic E-state index is -0.676. The lowest BCUT2D eigenvalue weighted by Crippen LogP contribution is -2.25. The topological polar surface area (TPSA) is 29.5 Å². The number of hydrogen-bond acceptors (Lipinski definition) is 2. The highest BCUT2D eigenvalue weighted by Crippen LogP contribution is 2.32. The SMILES string of the molecule is Cc1ccc(C2(O)CCCOCC2)cc1. The van der Waals surface area contributed by atoms with E-state index in [4.69, 9.17) is 4.74 Å². The van der Waals surface area contributed by atoms with Gasteiger partial charge in [-0.1, -0.05) is 29.8 Å². The maximum atomic E-state index is 10.5. The first-order valence-electron chi connectivity index (χ1n) is 5.58. The minimum Gasteiger partial charge on any atom is -0.385 e. The molecule has 0 saturated carbocycles. The Labute approximate surface area is 90.9 Å². The fourth-order valence-electron chi connectivity index (χ4n) is 2.09. The quantitative estimate of drug-likeness (QED) is 0.764. The van der Waals surface area contributed by atoms with Gasteiger partial charge in [0.25, 0.3) is 0 Å². The Morgan fingerprint density at radius 1 is 1.13 bits per heavy atom. The van der Waals surface area contributed by atoms with Crippen LogP contribution in [0.5, 0.6) is 0 Å². The van der Waals surface area contributed by atoms with E-state index in [-0.39, 0.29) is 0 Å². The number of ether oxygens (including phenoxy) is 1. The summed E-state index contributed by atoms with van der Waals surface area (Å²) in [7, 11) is 0. The standard InChI is InChI=1S/C13H18O2/c1-11-3-5-12(6-4-11)13(14)7-2-9-15-10-8-13/h3-6,14H,2,7-10H2,1H3. The molecular formula is C13H18O2. The van der Waals surface area contributed by atoms with Gasteiger partial charge in [0.05, 0.1) is 5.60 Å². The lowest BCUT2D eigenvalue weighted by atomic mass is 9.86. The van der Waals surface area contributed by atoms with Gasteiger partial charge in [0.1, 0.15) is 0 Å². The molecule has 1 fully saturated rings. The molecule has 1 aliphatic heterocycles. The molecule has 1 heterocycles. The summed E-state index contributed by atoms with van der Waals surface area (Å²) in [4.78, 5) is 0. The van der Waals surface area contributed by atoms with Crippen LogP contribution < -0.4 is 0 Å². The van der Waals surface area contributed by atoms with Crippen LogP contribution >= 0.6 is 0 Å². The molecule has 0 amide bonds. The first kappa shape index (κ1) is 10.7. The normalized spacial score (nSPS) is 27.3. The van der Waals surface area contributed by atoms with E-state index in [9.17, 15) is 5.11 Å². The molecule has 1 aliphatic rings. The van der Waals surface area contributed by atoms with Crippen LogP contribution in [0.15, 0.2) is 24.3 Å². The summed E-state index contributed by atoms with van der Waals surface area (Å²) in [5.41, 5.74) is 1.58. The Hall–Kier alpha value is -0.860. The number of rotatable bonds is 1. The Balaban J connectivity index is 2.22. The van der Waals surface area contributed by atoms with Gasteiger partial charge >= 0.3 is 0 Å². The van der Waals surface area contributed by atoms with Crippen molar-refractivity contribution < 1.29 is 9.84 Å². The molecule has 1 atom stereocenters. The average Bonchev–Trinajstić information content (AvgIpc) is 2.45. The minimum absolute atomic E-state index is 0.657. The van der Waals surface area contributed by atoms with Crippen LogP contribution in [0.2, 0.25) is 0 Å². The summed E-state index contributed by atoms with van der Waals surface area (Å²) < 4.78 is 5.38. The molecule has 2 nitrogen and oxygen atoms in total. The second-order valence-electron chi connectivity index (χ2n) is 4.36. The van der Waals surface area contributed by atoms with Crippen molar-refractivity contribution in [3.63, 3.8) is 0 Å². The highest BCUT2D eigenvalue weighted by Gasteiger charge is 2.29. The molecule has 0 bridgehead atoms. The van der Waals surface area contributed by atoms with Gasteiger partial charge in [-0.05, 0) is 25.3 Å². The monoisotopic (exact) mass is 206 g/mol. The van der Waals surface area contributed by atoms with Gasteiger partial charge in [-0.2, -0.15) is 0 Å². The Bertz CT molecular complexity index is 308. The molecule has 15 heavy (non-hydrogen) atoms. The molecular weight excluding hydrogens is 188 g/mol. The van der Waals surface area contributed by atoms with Gasteiger partial charge in [-0.3, -0.25) is 0 Å². The molecule has 1 saturated heterocycles. The third-order valence-electron chi connectivity index (χ3n) is 3.13. The fourth-order valence-corrected chi connectivity index (χ4v) is 2.09. The molecule has 1 aromatic rings. The van der Waals surface area contributed by atoms with E-state index in [1.165, 1.54) is 5.56 Å². The summed E-state index contributed by atoms with van der Waals surface area (Å²) in [6.07, 6.45) is 2.44. The molecule has 2 rings (SSSR count). The van der Waals surface area contributed by atoms with Gasteiger partial charge in [0.15, 0.2) is 0 Å². The molecule has 0 aliphatic carbocycles. The number of benzene rings is 1. The second-order valence-corrected chi connectivity index (χ2v) is 4.36. The van der Waals surface area contributed by atoms with Crippen molar-refractivity contribution in [2.45, 2.75) is 31.8 Å². The Morgan fingerprint density at radius 2 is 1.87 bits per heavy atom. The number of aliphatic hydroxyl groups is 1. The summed E-state index contributed by atoms with van der Waals surface area (Å²) in [6, 6.07) is 8.17. The van der Waals surface area contributed by atoms with Gasteiger partial charge in [-0.15, -0.1) is 0 Å². The van der Waals surface area contributed by atoms with E-state index in [0.29, 0.717) is 13.0 Å². The van der Waals surface area contributed by atoms with Crippen LogP contribution in [0.1, 0.15) is 30.4 Å². The molecule has 2 heteroatoms. The van der Waals surface area contributed by atoms with E-state index >= 15 is 0 Å². The van der Waals surface area contributed by atoms with Gasteiger partial charge in [-0.25, -0.2) is 0 Å². The molecule has 1 unspecified atom stereocenters. The summed E-state index contributed by atoms with van der Waals surface area (Å²) >= 11 is 0. The van der Waals surface area contributed by atoms with Gasteiger partial charge in [0.2, 0.25) is 0 Å². The first-order chi connectivity index (χ1) is 7.21. The Morgan fingerprint density at radius 3 is 2.60 bits per heavy atom. The molecule has 82 valence electrons. The second kappa shape index (κ2) is 4.33. The first-order valence-corrected chi connectivity index (χ1v) is 5.58. The van der Waals surface area contributed by atoms with Crippen molar-refractivity contribution in [1.82, 2.24) is 0 Å². The molecule has 1 aromatic carbocycles. The smallest absolute Gasteiger partial charge is 0.0919 e. The molecule has 1 N–H and O–H groups in total. The highest BCUT2D eigenvalue weighted by atomic mass is 16.5. The van der Waals surface area contributed by atoms with Crippen molar-refractivity contribution >= 4 is 0 Å². The van der Waals surface area contributed by atoms with Crippen LogP contribution in [0, 0.1) is 6.92 Å². The number of aryl methyl sites for hydroxylation is 1. The Kier molecular flexibility index (Phi) is 3.08. The summed E-state index contributed by atoms with van der Waals surface area (Å²) in [6.45, 7) is 3.49. The number of hydrogen-bond donors (Lipinski definition) is 1. The van der Waals surface area contributed by atoms with E-state index in [2.05, 4.69) is 19.1 Å². The van der Waals surface area contributed by atoms with E-state index in [1.54, 1.807) is 0 Å². The van der Waals surface area contributed by atoms with Crippen molar-refractivity contribution in [3.05, 3.63) is 35.4 Å². The van der Waals surface area contributed by atoms with E-state index < -0.39 is 5.60 Å². The fraction of sp³-hybridized carbons (Fsp3) is 0.538. The van der Waals surface area contributed by atoms with Crippen molar-refractivity contribution in [1.29, 1.82) is 0 Å². The summed E-state index contributed by atoms with van der Waals surface area (Å²) in [5.74, 6) is 0. The summed E-state index contributed by atoms with van der Waals surface area (Å²) in [5, 5.41) is 10.5. The van der Waals surface area contributed by atoms with Crippen LogP contribution in [0.25, 0.3) is 0 Å². The third kappa shape index (κ3) is 2.39. The zero-order valence-electron chi connectivity index (χ0n) is 9.20. The van der Waals surface area contributed by atoms with Crippen molar-refractivity contribution in [2.24, 2.45) is 0 Å². The van der Waals surface area contributed by atoms with Crippen LogP contribution in [0.4, 0.5) is 0 Å². The third-order valence-corrected chi connectivity index (χ3v) is 3.13. The largest absolute Gasteiger partial charge is 0.385 e. The maximum absolute atomic E-state index is 10.5. The zero-order valence-corrected chi connectivity index (χ0v) is 9.20. The van der Waals surface area contributed by atoms with E-state index in [1.807, 2.05) is 12.1 Å². The predicted molar refractivity (Wildman–Crippen MR) is 59.7 cm³/mol. The van der Waals surface area contributed by atoms with Crippen molar-refractivity contribution in [2.75, 3.05) is 13.2 Å². The lowest BCUT2D eigenvalue weighted by Gasteiger charge is -2.26. The molecule has 0 aromatic heterocycles. The highest BCUT2D eigenvalue weighted by molar-refractivity contribution is 5.26. The lowest BCUT2D eigenvalue weighted by molar-refractivity contribution is 0.0144. The molecule has 0 radical (unpaired) electrons. The van der Waals surface area contributed by atoms with Crippen LogP contribution in [0.3, 0.4) is 0 Å². The molecule has 0 spiro atoms. The van der Waals surface area contributed by atoms with Gasteiger partial charge < -0.3 is 9.84 Å². The van der Waals surface area contributed by atoms with Crippen LogP contribution in [-0.4, -0.2) is 18.3 Å². The maximum Gasteiger partial charge on any atom is 0.0919 e. The zero-order chi connectivity index (χ0) is 10.7. The average molecular weight is 206 g/mol. The predicted octanol–water partition coefficient (Wildman–Crippen LogP) is 2.38. The van der Waals surface area contributed by atoms with Gasteiger partial charge in [0, 0.05) is 19.6 Å². The van der Waals surface area contributed by atoms with E-state index in [0.717, 1.165) is 25.0 Å². The van der Waals surface area contributed by atoms with Crippen molar-refractivity contribution in [3.8, 4) is 0 Å².